The zero-order valence-corrected chi connectivity index (χ0v) is 17.3. The van der Waals surface area contributed by atoms with Crippen LogP contribution in [-0.2, 0) is 0 Å². The Morgan fingerprint density at radius 1 is 1.14 bits per heavy atom. The molecule has 0 aliphatic carbocycles. The molecular formula is C24H27NO4. The van der Waals surface area contributed by atoms with Crippen molar-refractivity contribution in [1.29, 1.82) is 0 Å². The fraction of sp³-hybridized carbons (Fsp3) is 0.417. The van der Waals surface area contributed by atoms with Crippen molar-refractivity contribution in [3.05, 3.63) is 58.7 Å². The molecular weight excluding hydrogens is 366 g/mol. The van der Waals surface area contributed by atoms with Crippen LogP contribution in [0.5, 0.6) is 11.5 Å². The largest absolute Gasteiger partial charge is 0.494 e. The van der Waals surface area contributed by atoms with Gasteiger partial charge in [-0.3, -0.25) is 9.59 Å². The lowest BCUT2D eigenvalue weighted by Gasteiger charge is -2.44. The number of piperidine rings is 1. The van der Waals surface area contributed by atoms with Gasteiger partial charge in [0.1, 0.15) is 17.1 Å². The van der Waals surface area contributed by atoms with Crippen LogP contribution < -0.4 is 9.47 Å². The molecule has 0 atom stereocenters. The summed E-state index contributed by atoms with van der Waals surface area (Å²) >= 11 is 0. The van der Waals surface area contributed by atoms with Crippen LogP contribution in [-0.4, -0.2) is 41.9 Å². The van der Waals surface area contributed by atoms with Crippen LogP contribution in [0.1, 0.15) is 58.0 Å². The van der Waals surface area contributed by atoms with Gasteiger partial charge in [-0.05, 0) is 62.2 Å². The molecule has 29 heavy (non-hydrogen) atoms. The molecule has 0 saturated carbocycles. The number of rotatable bonds is 3. The van der Waals surface area contributed by atoms with Gasteiger partial charge in [-0.2, -0.15) is 0 Å². The number of nitrogens with zero attached hydrogens (tertiary/aromatic N) is 1. The normalized spacial score (nSPS) is 17.6. The number of hydrogen-bond acceptors (Lipinski definition) is 4. The first-order valence-electron chi connectivity index (χ1n) is 10.3. The van der Waals surface area contributed by atoms with Crippen molar-refractivity contribution in [2.75, 3.05) is 19.7 Å². The molecule has 2 heterocycles. The molecule has 2 aromatic rings. The zero-order chi connectivity index (χ0) is 20.6. The lowest BCUT2D eigenvalue weighted by atomic mass is 9.81. The van der Waals surface area contributed by atoms with Crippen molar-refractivity contribution in [1.82, 2.24) is 4.90 Å². The van der Waals surface area contributed by atoms with Gasteiger partial charge < -0.3 is 14.4 Å². The summed E-state index contributed by atoms with van der Waals surface area (Å²) in [5, 5.41) is 0. The van der Waals surface area contributed by atoms with Gasteiger partial charge in [-0.25, -0.2) is 0 Å². The van der Waals surface area contributed by atoms with E-state index in [0.29, 0.717) is 50.1 Å². The summed E-state index contributed by atoms with van der Waals surface area (Å²) in [6, 6.07) is 11.2. The van der Waals surface area contributed by atoms with E-state index in [-0.39, 0.29) is 11.7 Å². The summed E-state index contributed by atoms with van der Waals surface area (Å²) in [4.78, 5) is 27.5. The molecule has 1 fully saturated rings. The molecule has 2 aliphatic rings. The maximum atomic E-state index is 12.9. The van der Waals surface area contributed by atoms with E-state index in [1.165, 1.54) is 0 Å². The summed E-state index contributed by atoms with van der Waals surface area (Å²) in [7, 11) is 0. The number of likely N-dealkylation sites (tertiary alicyclic amines) is 1. The van der Waals surface area contributed by atoms with E-state index in [2.05, 4.69) is 6.07 Å². The Morgan fingerprint density at radius 3 is 2.48 bits per heavy atom. The summed E-state index contributed by atoms with van der Waals surface area (Å²) in [6.07, 6.45) is 1.70. The highest BCUT2D eigenvalue weighted by Gasteiger charge is 2.44. The van der Waals surface area contributed by atoms with Gasteiger partial charge in [0.2, 0.25) is 0 Å². The lowest BCUT2D eigenvalue weighted by Crippen LogP contribution is -2.52. The van der Waals surface area contributed by atoms with Gasteiger partial charge in [-0.15, -0.1) is 0 Å². The third kappa shape index (κ3) is 3.74. The molecule has 0 N–H and O–H groups in total. The van der Waals surface area contributed by atoms with Crippen molar-refractivity contribution in [3.63, 3.8) is 0 Å². The Hall–Kier alpha value is -2.82. The van der Waals surface area contributed by atoms with E-state index in [9.17, 15) is 9.59 Å². The minimum Gasteiger partial charge on any atom is -0.494 e. The summed E-state index contributed by atoms with van der Waals surface area (Å²) < 4.78 is 11.9. The fourth-order valence-electron chi connectivity index (χ4n) is 4.38. The Bertz CT molecular complexity index is 940. The standard InChI is InChI=1S/C24H27NO4/c1-4-28-19-7-5-18(6-8-19)23(27)25-11-9-24(10-12-25)15-21(26)20-14-16(2)13-17(3)22(20)29-24/h5-8,13-14H,4,9-12,15H2,1-3H3. The number of ether oxygens (including phenoxy) is 2. The molecule has 2 aromatic carbocycles. The Morgan fingerprint density at radius 2 is 1.83 bits per heavy atom. The second-order valence-electron chi connectivity index (χ2n) is 8.09. The number of aryl methyl sites for hydroxylation is 2. The van der Waals surface area contributed by atoms with E-state index in [0.717, 1.165) is 22.6 Å². The van der Waals surface area contributed by atoms with Crippen LogP contribution in [0.4, 0.5) is 0 Å². The van der Waals surface area contributed by atoms with E-state index in [1.807, 2.05) is 43.9 Å². The molecule has 4 rings (SSSR count). The number of fused-ring (bicyclic) bond motifs is 1. The first-order chi connectivity index (χ1) is 13.9. The van der Waals surface area contributed by atoms with Crippen LogP contribution >= 0.6 is 0 Å². The summed E-state index contributed by atoms with van der Waals surface area (Å²) in [5.74, 6) is 1.64. The number of benzene rings is 2. The maximum Gasteiger partial charge on any atom is 0.253 e. The van der Waals surface area contributed by atoms with Crippen LogP contribution in [0, 0.1) is 13.8 Å². The number of carbonyl (C=O) groups excluding carboxylic acids is 2. The van der Waals surface area contributed by atoms with Gasteiger partial charge in [0, 0.05) is 31.5 Å². The van der Waals surface area contributed by atoms with Gasteiger partial charge in [0.15, 0.2) is 5.78 Å². The van der Waals surface area contributed by atoms with Crippen LogP contribution in [0.3, 0.4) is 0 Å². The molecule has 152 valence electrons. The average molecular weight is 393 g/mol. The van der Waals surface area contributed by atoms with E-state index >= 15 is 0 Å². The smallest absolute Gasteiger partial charge is 0.253 e. The van der Waals surface area contributed by atoms with Gasteiger partial charge in [0.25, 0.3) is 5.91 Å². The van der Waals surface area contributed by atoms with Crippen molar-refractivity contribution in [2.24, 2.45) is 0 Å². The molecule has 1 saturated heterocycles. The molecule has 0 unspecified atom stereocenters. The highest BCUT2D eigenvalue weighted by molar-refractivity contribution is 6.01. The fourth-order valence-corrected chi connectivity index (χ4v) is 4.38. The van der Waals surface area contributed by atoms with E-state index in [1.54, 1.807) is 12.1 Å². The molecule has 0 radical (unpaired) electrons. The number of hydrogen-bond donors (Lipinski definition) is 0. The van der Waals surface area contributed by atoms with Crippen molar-refractivity contribution in [2.45, 2.75) is 45.6 Å². The van der Waals surface area contributed by atoms with E-state index in [4.69, 9.17) is 9.47 Å². The van der Waals surface area contributed by atoms with Crippen molar-refractivity contribution >= 4 is 11.7 Å². The minimum absolute atomic E-state index is 0.0113. The molecule has 1 spiro atoms. The molecule has 5 nitrogen and oxygen atoms in total. The van der Waals surface area contributed by atoms with Crippen LogP contribution in [0.25, 0.3) is 0 Å². The molecule has 0 bridgehead atoms. The topological polar surface area (TPSA) is 55.8 Å². The molecule has 1 amide bonds. The number of amides is 1. The molecule has 2 aliphatic heterocycles. The SMILES string of the molecule is CCOc1ccc(C(=O)N2CCC3(CC2)CC(=O)c2cc(C)cc(C)c2O3)cc1. The van der Waals surface area contributed by atoms with E-state index < -0.39 is 5.60 Å². The second kappa shape index (κ2) is 7.54. The summed E-state index contributed by atoms with van der Waals surface area (Å²) in [5.41, 5.74) is 2.92. The third-order valence-corrected chi connectivity index (χ3v) is 5.89. The quantitative estimate of drug-likeness (QED) is 0.778. The molecule has 0 aromatic heterocycles. The highest BCUT2D eigenvalue weighted by Crippen LogP contribution is 2.41. The van der Waals surface area contributed by atoms with Crippen LogP contribution in [0.15, 0.2) is 36.4 Å². The maximum absolute atomic E-state index is 12.9. The number of ketones is 1. The van der Waals surface area contributed by atoms with Gasteiger partial charge in [0.05, 0.1) is 18.6 Å². The van der Waals surface area contributed by atoms with Gasteiger partial charge in [-0.1, -0.05) is 6.07 Å². The number of carbonyl (C=O) groups is 2. The third-order valence-electron chi connectivity index (χ3n) is 5.89. The van der Waals surface area contributed by atoms with Crippen molar-refractivity contribution in [3.8, 4) is 11.5 Å². The lowest BCUT2D eigenvalue weighted by molar-refractivity contribution is -0.00619. The Kier molecular flexibility index (Phi) is 5.07. The molecule has 5 heteroatoms. The Balaban J connectivity index is 1.46. The second-order valence-corrected chi connectivity index (χ2v) is 8.09. The number of Topliss-reactive ketones (excluding diaryl/α,β-unsaturated/α-hetero) is 1. The van der Waals surface area contributed by atoms with Crippen molar-refractivity contribution < 1.29 is 19.1 Å². The Labute approximate surface area is 171 Å². The first-order valence-corrected chi connectivity index (χ1v) is 10.3. The monoisotopic (exact) mass is 393 g/mol. The van der Waals surface area contributed by atoms with Crippen LogP contribution in [0.2, 0.25) is 0 Å². The highest BCUT2D eigenvalue weighted by atomic mass is 16.5. The predicted molar refractivity (Wildman–Crippen MR) is 111 cm³/mol. The zero-order valence-electron chi connectivity index (χ0n) is 17.3. The average Bonchev–Trinajstić information content (AvgIpc) is 2.70. The predicted octanol–water partition coefficient (Wildman–Crippen LogP) is 4.34. The summed E-state index contributed by atoms with van der Waals surface area (Å²) in [6.45, 7) is 7.68. The first kappa shape index (κ1) is 19.5. The van der Waals surface area contributed by atoms with Gasteiger partial charge >= 0.3 is 0 Å². The minimum atomic E-state index is -0.500.